The first-order valence-electron chi connectivity index (χ1n) is 4.48. The van der Waals surface area contributed by atoms with Crippen molar-refractivity contribution >= 4 is 21.4 Å². The fraction of sp³-hybridized carbons (Fsp3) is 0.100. The summed E-state index contributed by atoms with van der Waals surface area (Å²) < 4.78 is 26.1. The molecule has 1 radical (unpaired) electrons. The Morgan fingerprint density at radius 3 is 2.56 bits per heavy atom. The van der Waals surface area contributed by atoms with Crippen molar-refractivity contribution in [2.24, 2.45) is 0 Å². The summed E-state index contributed by atoms with van der Waals surface area (Å²) in [4.78, 5) is 4.15. The lowest BCUT2D eigenvalue weighted by molar-refractivity contribution is 0.603. The van der Waals surface area contributed by atoms with Crippen molar-refractivity contribution in [2.45, 2.75) is 5.75 Å². The second-order valence-corrected chi connectivity index (χ2v) is 5.88. The first kappa shape index (κ1) is 11.2. The maximum absolute atomic E-state index is 11.0. The Morgan fingerprint density at radius 1 is 1.25 bits per heavy atom. The van der Waals surface area contributed by atoms with Gasteiger partial charge in [-0.15, -0.1) is 0 Å². The number of sulfone groups is 1. The van der Waals surface area contributed by atoms with E-state index in [1.165, 1.54) is 0 Å². The van der Waals surface area contributed by atoms with E-state index in [1.54, 1.807) is 0 Å². The minimum absolute atomic E-state index is 0.155. The molecular formula is C10H9N2O2S2. The Morgan fingerprint density at radius 2 is 1.94 bits per heavy atom. The maximum Gasteiger partial charge on any atom is 0.173 e. The highest BCUT2D eigenvalue weighted by molar-refractivity contribution is 7.91. The monoisotopic (exact) mass is 253 g/mol. The molecule has 2 rings (SSSR count). The summed E-state index contributed by atoms with van der Waals surface area (Å²) in [7, 11) is -3.29. The minimum atomic E-state index is -3.29. The Balaban J connectivity index is 2.27. The lowest BCUT2D eigenvalue weighted by Gasteiger charge is -1.92. The fourth-order valence-electron chi connectivity index (χ4n) is 1.21. The second kappa shape index (κ2) is 4.31. The van der Waals surface area contributed by atoms with Gasteiger partial charge in [-0.2, -0.15) is 4.37 Å². The standard InChI is InChI=1S/C10H9N2O2S2/c1-16(13,14)7-9-11-10(12-15-9)8-5-3-2-4-6-8/h2-6H,1,7H2. The summed E-state index contributed by atoms with van der Waals surface area (Å²) in [5.41, 5.74) is 0.881. The van der Waals surface area contributed by atoms with E-state index in [-0.39, 0.29) is 5.75 Å². The largest absolute Gasteiger partial charge is 0.228 e. The predicted molar refractivity (Wildman–Crippen MR) is 63.3 cm³/mol. The molecular weight excluding hydrogens is 244 g/mol. The molecule has 16 heavy (non-hydrogen) atoms. The average Bonchev–Trinajstić information content (AvgIpc) is 2.65. The molecule has 0 amide bonds. The Bertz CT molecular complexity index is 576. The Hall–Kier alpha value is -1.27. The Labute approximate surface area is 98.1 Å². The molecule has 4 nitrogen and oxygen atoms in total. The van der Waals surface area contributed by atoms with Crippen molar-refractivity contribution in [3.8, 4) is 11.4 Å². The molecule has 0 spiro atoms. The third-order valence-corrected chi connectivity index (χ3v) is 3.45. The SMILES string of the molecule is [CH2]S(=O)(=O)Cc1nc(-c2ccccc2)ns1. The highest BCUT2D eigenvalue weighted by atomic mass is 32.2. The summed E-state index contributed by atoms with van der Waals surface area (Å²) >= 11 is 1.09. The van der Waals surface area contributed by atoms with Gasteiger partial charge in [-0.05, 0) is 11.5 Å². The van der Waals surface area contributed by atoms with Crippen LogP contribution in [0.25, 0.3) is 11.4 Å². The molecule has 0 saturated carbocycles. The van der Waals surface area contributed by atoms with Crippen LogP contribution in [0.4, 0.5) is 0 Å². The maximum atomic E-state index is 11.0. The number of benzene rings is 1. The van der Waals surface area contributed by atoms with Gasteiger partial charge in [-0.3, -0.25) is 0 Å². The number of rotatable bonds is 3. The smallest absolute Gasteiger partial charge is 0.173 e. The number of nitrogens with zero attached hydrogens (tertiary/aromatic N) is 2. The quantitative estimate of drug-likeness (QED) is 0.838. The number of aromatic nitrogens is 2. The van der Waals surface area contributed by atoms with Crippen molar-refractivity contribution in [3.63, 3.8) is 0 Å². The van der Waals surface area contributed by atoms with Crippen LogP contribution in [0.1, 0.15) is 5.01 Å². The topological polar surface area (TPSA) is 59.9 Å². The van der Waals surface area contributed by atoms with Gasteiger partial charge in [0.05, 0.1) is 6.26 Å². The van der Waals surface area contributed by atoms with Crippen molar-refractivity contribution in [3.05, 3.63) is 41.6 Å². The second-order valence-electron chi connectivity index (χ2n) is 3.27. The summed E-state index contributed by atoms with van der Waals surface area (Å²) in [5, 5.41) is 0.467. The van der Waals surface area contributed by atoms with Crippen LogP contribution in [0.3, 0.4) is 0 Å². The van der Waals surface area contributed by atoms with Gasteiger partial charge >= 0.3 is 0 Å². The van der Waals surface area contributed by atoms with Gasteiger partial charge in [0.2, 0.25) is 0 Å². The van der Waals surface area contributed by atoms with E-state index in [1.807, 2.05) is 30.3 Å². The third-order valence-electron chi connectivity index (χ3n) is 1.84. The average molecular weight is 253 g/mol. The molecule has 1 aromatic heterocycles. The molecule has 0 aliphatic rings. The normalized spacial score (nSPS) is 11.6. The van der Waals surface area contributed by atoms with E-state index in [4.69, 9.17) is 0 Å². The van der Waals surface area contributed by atoms with Crippen molar-refractivity contribution in [1.29, 1.82) is 0 Å². The van der Waals surface area contributed by atoms with Crippen LogP contribution in [0.2, 0.25) is 0 Å². The molecule has 1 aromatic carbocycles. The van der Waals surface area contributed by atoms with E-state index in [2.05, 4.69) is 15.6 Å². The van der Waals surface area contributed by atoms with E-state index in [9.17, 15) is 8.42 Å². The summed E-state index contributed by atoms with van der Waals surface area (Å²) in [6, 6.07) is 9.43. The summed E-state index contributed by atoms with van der Waals surface area (Å²) in [6.45, 7) is 0. The van der Waals surface area contributed by atoms with Crippen LogP contribution in [-0.2, 0) is 15.6 Å². The predicted octanol–water partition coefficient (Wildman–Crippen LogP) is 1.91. The molecule has 83 valence electrons. The van der Waals surface area contributed by atoms with Gasteiger partial charge in [0.25, 0.3) is 0 Å². The number of hydrogen-bond donors (Lipinski definition) is 0. The molecule has 0 N–H and O–H groups in total. The van der Waals surface area contributed by atoms with Crippen LogP contribution in [0, 0.1) is 6.26 Å². The molecule has 2 aromatic rings. The molecule has 1 heterocycles. The van der Waals surface area contributed by atoms with Crippen LogP contribution >= 0.6 is 11.5 Å². The van der Waals surface area contributed by atoms with E-state index in [0.717, 1.165) is 17.1 Å². The first-order valence-corrected chi connectivity index (χ1v) is 7.08. The van der Waals surface area contributed by atoms with Crippen molar-refractivity contribution in [1.82, 2.24) is 9.36 Å². The lowest BCUT2D eigenvalue weighted by Crippen LogP contribution is -1.97. The highest BCUT2D eigenvalue weighted by Crippen LogP contribution is 2.18. The number of hydrogen-bond acceptors (Lipinski definition) is 5. The molecule has 0 aliphatic heterocycles. The van der Waals surface area contributed by atoms with Gasteiger partial charge in [0, 0.05) is 5.56 Å². The lowest BCUT2D eigenvalue weighted by atomic mass is 10.2. The molecule has 0 atom stereocenters. The van der Waals surface area contributed by atoms with Gasteiger partial charge in [0.15, 0.2) is 15.7 Å². The van der Waals surface area contributed by atoms with Crippen LogP contribution in [0.15, 0.2) is 30.3 Å². The van der Waals surface area contributed by atoms with Crippen molar-refractivity contribution in [2.75, 3.05) is 0 Å². The van der Waals surface area contributed by atoms with Crippen LogP contribution < -0.4 is 0 Å². The van der Waals surface area contributed by atoms with E-state index in [0.29, 0.717) is 10.8 Å². The van der Waals surface area contributed by atoms with E-state index >= 15 is 0 Å². The van der Waals surface area contributed by atoms with Crippen LogP contribution in [-0.4, -0.2) is 17.8 Å². The highest BCUT2D eigenvalue weighted by Gasteiger charge is 2.11. The molecule has 0 unspecified atom stereocenters. The molecule has 6 heteroatoms. The minimum Gasteiger partial charge on any atom is -0.228 e. The zero-order chi connectivity index (χ0) is 11.6. The van der Waals surface area contributed by atoms with Gasteiger partial charge in [-0.1, -0.05) is 30.3 Å². The van der Waals surface area contributed by atoms with Gasteiger partial charge < -0.3 is 0 Å². The zero-order valence-electron chi connectivity index (χ0n) is 8.33. The Kier molecular flexibility index (Phi) is 3.02. The zero-order valence-corrected chi connectivity index (χ0v) is 9.96. The summed E-state index contributed by atoms with van der Waals surface area (Å²) in [5.74, 6) is 0.404. The fourth-order valence-corrected chi connectivity index (χ4v) is 2.86. The molecule has 0 fully saturated rings. The van der Waals surface area contributed by atoms with Gasteiger partial charge in [-0.25, -0.2) is 13.4 Å². The van der Waals surface area contributed by atoms with Gasteiger partial charge in [0.1, 0.15) is 10.8 Å². The van der Waals surface area contributed by atoms with Crippen molar-refractivity contribution < 1.29 is 8.42 Å². The molecule has 0 saturated heterocycles. The molecule has 0 bridgehead atoms. The first-order chi connectivity index (χ1) is 7.54. The van der Waals surface area contributed by atoms with Crippen LogP contribution in [0.5, 0.6) is 0 Å². The summed E-state index contributed by atoms with van der Waals surface area (Å²) in [6.07, 6.45) is 3.06. The van der Waals surface area contributed by atoms with E-state index < -0.39 is 9.84 Å². The molecule has 0 aliphatic carbocycles. The third kappa shape index (κ3) is 2.86.